The van der Waals surface area contributed by atoms with Crippen LogP contribution in [0, 0.1) is 5.41 Å². The number of hydrogen-bond donors (Lipinski definition) is 0. The second kappa shape index (κ2) is 5.61. The molecule has 0 N–H and O–H groups in total. The number of hydrogen-bond acceptors (Lipinski definition) is 5. The van der Waals surface area contributed by atoms with Crippen LogP contribution < -0.4 is 9.47 Å². The highest BCUT2D eigenvalue weighted by molar-refractivity contribution is 6.10. The van der Waals surface area contributed by atoms with Crippen molar-refractivity contribution < 1.29 is 23.9 Å². The van der Waals surface area contributed by atoms with Gasteiger partial charge in [-0.15, -0.1) is 0 Å². The molecule has 1 spiro atoms. The number of carbonyl (C=O) groups is 3. The highest BCUT2D eigenvalue weighted by Crippen LogP contribution is 2.45. The van der Waals surface area contributed by atoms with Crippen molar-refractivity contribution in [2.75, 3.05) is 13.3 Å². The van der Waals surface area contributed by atoms with Crippen LogP contribution >= 0.6 is 0 Å². The Labute approximate surface area is 139 Å². The molecule has 1 aliphatic carbocycles. The number of amides is 2. The molecule has 0 bridgehead atoms. The van der Waals surface area contributed by atoms with Gasteiger partial charge >= 0.3 is 0 Å². The van der Waals surface area contributed by atoms with Crippen LogP contribution in [0.3, 0.4) is 0 Å². The normalized spacial score (nSPS) is 21.6. The smallest absolute Gasteiger partial charge is 0.236 e. The first-order valence-electron chi connectivity index (χ1n) is 8.37. The molecule has 1 aromatic rings. The van der Waals surface area contributed by atoms with Crippen molar-refractivity contribution in [1.82, 2.24) is 4.90 Å². The van der Waals surface area contributed by atoms with Crippen molar-refractivity contribution in [2.24, 2.45) is 5.41 Å². The Hall–Kier alpha value is -2.37. The predicted octanol–water partition coefficient (Wildman–Crippen LogP) is 2.31. The molecule has 24 heavy (non-hydrogen) atoms. The van der Waals surface area contributed by atoms with E-state index in [1.54, 1.807) is 18.2 Å². The quantitative estimate of drug-likeness (QED) is 0.628. The lowest BCUT2D eigenvalue weighted by Crippen LogP contribution is -2.39. The Morgan fingerprint density at radius 1 is 1.08 bits per heavy atom. The summed E-state index contributed by atoms with van der Waals surface area (Å²) < 4.78 is 10.5. The largest absolute Gasteiger partial charge is 0.454 e. The van der Waals surface area contributed by atoms with Gasteiger partial charge in [0.05, 0.1) is 12.0 Å². The maximum atomic E-state index is 12.8. The standard InChI is InChI=1S/C18H19NO5/c20-13(12-4-5-14-15(8-12)24-11-23-14)10-19-16(21)9-18(17(19)22)6-2-1-3-7-18/h4-5,8H,1-3,6-7,9-11H2. The summed E-state index contributed by atoms with van der Waals surface area (Å²) in [6.07, 6.45) is 4.82. The molecule has 0 radical (unpaired) electrons. The SMILES string of the molecule is O=C(CN1C(=O)CC2(CCCCC2)C1=O)c1ccc2c(c1)OCO2. The van der Waals surface area contributed by atoms with E-state index in [9.17, 15) is 14.4 Å². The number of likely N-dealkylation sites (tertiary alicyclic amines) is 1. The molecule has 0 atom stereocenters. The van der Waals surface area contributed by atoms with Gasteiger partial charge in [-0.1, -0.05) is 19.3 Å². The van der Waals surface area contributed by atoms with E-state index in [-0.39, 0.29) is 37.4 Å². The number of imide groups is 1. The molecule has 1 saturated carbocycles. The Balaban J connectivity index is 1.51. The van der Waals surface area contributed by atoms with Gasteiger partial charge in [0.25, 0.3) is 0 Å². The van der Waals surface area contributed by atoms with E-state index in [0.717, 1.165) is 37.0 Å². The summed E-state index contributed by atoms with van der Waals surface area (Å²) in [7, 11) is 0. The molecule has 126 valence electrons. The molecule has 6 heteroatoms. The van der Waals surface area contributed by atoms with E-state index in [2.05, 4.69) is 0 Å². The summed E-state index contributed by atoms with van der Waals surface area (Å²) in [6.45, 7) is -0.0579. The van der Waals surface area contributed by atoms with Crippen LogP contribution in [-0.2, 0) is 9.59 Å². The highest BCUT2D eigenvalue weighted by Gasteiger charge is 2.51. The van der Waals surface area contributed by atoms with E-state index in [4.69, 9.17) is 9.47 Å². The predicted molar refractivity (Wildman–Crippen MR) is 83.8 cm³/mol. The molecule has 2 aliphatic heterocycles. The maximum absolute atomic E-state index is 12.8. The summed E-state index contributed by atoms with van der Waals surface area (Å²) in [5.74, 6) is 0.463. The number of Topliss-reactive ketones (excluding diaryl/α,β-unsaturated/α-hetero) is 1. The van der Waals surface area contributed by atoms with Crippen LogP contribution in [0.15, 0.2) is 18.2 Å². The van der Waals surface area contributed by atoms with Gasteiger partial charge in [-0.3, -0.25) is 19.3 Å². The van der Waals surface area contributed by atoms with Crippen molar-refractivity contribution >= 4 is 17.6 Å². The number of fused-ring (bicyclic) bond motifs is 1. The molecule has 2 fully saturated rings. The number of rotatable bonds is 3. The summed E-state index contributed by atoms with van der Waals surface area (Å²) in [5.41, 5.74) is -0.130. The van der Waals surface area contributed by atoms with E-state index < -0.39 is 5.41 Å². The molecule has 2 heterocycles. The fourth-order valence-corrected chi connectivity index (χ4v) is 3.94. The zero-order valence-corrected chi connectivity index (χ0v) is 13.4. The van der Waals surface area contributed by atoms with Crippen LogP contribution in [-0.4, -0.2) is 35.8 Å². The zero-order chi connectivity index (χ0) is 16.7. The maximum Gasteiger partial charge on any atom is 0.236 e. The molecular formula is C18H19NO5. The summed E-state index contributed by atoms with van der Waals surface area (Å²) >= 11 is 0. The molecule has 1 aromatic carbocycles. The fourth-order valence-electron chi connectivity index (χ4n) is 3.94. The third-order valence-corrected chi connectivity index (χ3v) is 5.30. The van der Waals surface area contributed by atoms with Crippen LogP contribution in [0.25, 0.3) is 0 Å². The molecule has 2 amide bonds. The van der Waals surface area contributed by atoms with Crippen molar-refractivity contribution in [3.63, 3.8) is 0 Å². The zero-order valence-electron chi connectivity index (χ0n) is 13.4. The average molecular weight is 329 g/mol. The van der Waals surface area contributed by atoms with Crippen LogP contribution in [0.4, 0.5) is 0 Å². The average Bonchev–Trinajstić information content (AvgIpc) is 3.14. The summed E-state index contributed by atoms with van der Waals surface area (Å²) in [6, 6.07) is 4.91. The minimum atomic E-state index is -0.551. The Kier molecular flexibility index (Phi) is 3.55. The monoisotopic (exact) mass is 329 g/mol. The van der Waals surface area contributed by atoms with Gasteiger partial charge in [-0.25, -0.2) is 0 Å². The second-order valence-electron chi connectivity index (χ2n) is 6.79. The topological polar surface area (TPSA) is 72.9 Å². The highest BCUT2D eigenvalue weighted by atomic mass is 16.7. The molecule has 0 unspecified atom stereocenters. The van der Waals surface area contributed by atoms with Gasteiger partial charge in [0.2, 0.25) is 18.6 Å². The van der Waals surface area contributed by atoms with Crippen molar-refractivity contribution in [3.05, 3.63) is 23.8 Å². The minimum Gasteiger partial charge on any atom is -0.454 e. The first kappa shape index (κ1) is 15.2. The van der Waals surface area contributed by atoms with Gasteiger partial charge in [0.1, 0.15) is 0 Å². The molecular weight excluding hydrogens is 310 g/mol. The lowest BCUT2D eigenvalue weighted by molar-refractivity contribution is -0.141. The number of benzene rings is 1. The first-order valence-corrected chi connectivity index (χ1v) is 8.37. The molecule has 6 nitrogen and oxygen atoms in total. The fraction of sp³-hybridized carbons (Fsp3) is 0.500. The molecule has 3 aliphatic rings. The third-order valence-electron chi connectivity index (χ3n) is 5.30. The molecule has 4 rings (SSSR count). The first-order chi connectivity index (χ1) is 11.6. The van der Waals surface area contributed by atoms with Crippen LogP contribution in [0.1, 0.15) is 48.9 Å². The van der Waals surface area contributed by atoms with Gasteiger partial charge in [-0.2, -0.15) is 0 Å². The van der Waals surface area contributed by atoms with E-state index >= 15 is 0 Å². The molecule has 0 aromatic heterocycles. The van der Waals surface area contributed by atoms with Gasteiger partial charge in [-0.05, 0) is 31.0 Å². The lowest BCUT2D eigenvalue weighted by atomic mass is 9.73. The lowest BCUT2D eigenvalue weighted by Gasteiger charge is -2.30. The molecule has 1 saturated heterocycles. The van der Waals surface area contributed by atoms with E-state index in [1.165, 1.54) is 0 Å². The van der Waals surface area contributed by atoms with E-state index in [0.29, 0.717) is 17.1 Å². The third kappa shape index (κ3) is 2.37. The Morgan fingerprint density at radius 3 is 2.62 bits per heavy atom. The van der Waals surface area contributed by atoms with Gasteiger partial charge in [0.15, 0.2) is 17.3 Å². The number of nitrogens with zero attached hydrogens (tertiary/aromatic N) is 1. The van der Waals surface area contributed by atoms with Gasteiger partial charge < -0.3 is 9.47 Å². The Morgan fingerprint density at radius 2 is 1.83 bits per heavy atom. The number of ketones is 1. The van der Waals surface area contributed by atoms with Crippen LogP contribution in [0.5, 0.6) is 11.5 Å². The van der Waals surface area contributed by atoms with Crippen molar-refractivity contribution in [3.8, 4) is 11.5 Å². The number of carbonyl (C=O) groups excluding carboxylic acids is 3. The van der Waals surface area contributed by atoms with Gasteiger partial charge in [0, 0.05) is 12.0 Å². The second-order valence-corrected chi connectivity index (χ2v) is 6.79. The minimum absolute atomic E-state index is 0.137. The summed E-state index contributed by atoms with van der Waals surface area (Å²) in [4.78, 5) is 38.7. The van der Waals surface area contributed by atoms with E-state index in [1.807, 2.05) is 0 Å². The summed E-state index contributed by atoms with van der Waals surface area (Å²) in [5, 5.41) is 0. The van der Waals surface area contributed by atoms with Crippen molar-refractivity contribution in [1.29, 1.82) is 0 Å². The van der Waals surface area contributed by atoms with Crippen molar-refractivity contribution in [2.45, 2.75) is 38.5 Å². The Bertz CT molecular complexity index is 720. The number of ether oxygens (including phenoxy) is 2. The van der Waals surface area contributed by atoms with Crippen LogP contribution in [0.2, 0.25) is 0 Å².